The number of aromatic carboxylic acids is 1. The van der Waals surface area contributed by atoms with Gasteiger partial charge in [-0.1, -0.05) is 11.6 Å². The Balaban J connectivity index is 2.31. The van der Waals surface area contributed by atoms with Crippen LogP contribution in [0, 0.1) is 0 Å². The second kappa shape index (κ2) is 5.10. The average Bonchev–Trinajstić information content (AvgIpc) is 2.81. The van der Waals surface area contributed by atoms with Crippen LogP contribution in [0.3, 0.4) is 0 Å². The van der Waals surface area contributed by atoms with Gasteiger partial charge in [0.05, 0.1) is 12.8 Å². The molecule has 0 spiro atoms. The van der Waals surface area contributed by atoms with E-state index in [0.29, 0.717) is 12.4 Å². The van der Waals surface area contributed by atoms with Crippen molar-refractivity contribution in [3.63, 3.8) is 0 Å². The number of aromatic nitrogens is 1. The van der Waals surface area contributed by atoms with Gasteiger partial charge in [-0.3, -0.25) is 0 Å². The molecule has 2 rings (SSSR count). The molecule has 1 N–H and O–H groups in total. The summed E-state index contributed by atoms with van der Waals surface area (Å²) in [6.07, 6.45) is 1.56. The quantitative estimate of drug-likeness (QED) is 0.862. The van der Waals surface area contributed by atoms with Crippen molar-refractivity contribution < 1.29 is 14.3 Å². The summed E-state index contributed by atoms with van der Waals surface area (Å²) >= 11 is 5.79. The zero-order chi connectivity index (χ0) is 13.1. The number of pyridine rings is 1. The summed E-state index contributed by atoms with van der Waals surface area (Å²) in [5, 5.41) is 9.35. The van der Waals surface area contributed by atoms with E-state index in [1.165, 1.54) is 12.1 Å². The molecular weight excluding hydrogens is 256 g/mol. The van der Waals surface area contributed by atoms with Crippen molar-refractivity contribution in [1.29, 1.82) is 0 Å². The van der Waals surface area contributed by atoms with Gasteiger partial charge in [-0.05, 0) is 24.3 Å². The second-order valence-corrected chi connectivity index (χ2v) is 4.13. The van der Waals surface area contributed by atoms with Crippen molar-refractivity contribution in [2.75, 3.05) is 11.9 Å². The van der Waals surface area contributed by atoms with Gasteiger partial charge in [0, 0.05) is 7.05 Å². The fourth-order valence-corrected chi connectivity index (χ4v) is 1.74. The maximum Gasteiger partial charge on any atom is 0.339 e. The SMILES string of the molecule is CN(Cc1ccco1)c1nc(Cl)ccc1C(=O)O. The Labute approximate surface area is 109 Å². The van der Waals surface area contributed by atoms with Crippen LogP contribution in [0.25, 0.3) is 0 Å². The van der Waals surface area contributed by atoms with Crippen LogP contribution >= 0.6 is 11.6 Å². The molecule has 2 heterocycles. The number of nitrogens with zero attached hydrogens (tertiary/aromatic N) is 2. The van der Waals surface area contributed by atoms with Crippen LogP contribution in [0.5, 0.6) is 0 Å². The maximum atomic E-state index is 11.1. The van der Waals surface area contributed by atoms with Crippen LogP contribution in [0.2, 0.25) is 5.15 Å². The highest BCUT2D eigenvalue weighted by Crippen LogP contribution is 2.21. The standard InChI is InChI=1S/C12H11ClN2O3/c1-15(7-8-3-2-6-18-8)11-9(12(16)17)4-5-10(13)14-11/h2-6H,7H2,1H3,(H,16,17). The van der Waals surface area contributed by atoms with Crippen molar-refractivity contribution in [1.82, 2.24) is 4.98 Å². The lowest BCUT2D eigenvalue weighted by atomic mass is 10.2. The molecule has 0 aromatic carbocycles. The number of carbonyl (C=O) groups is 1. The van der Waals surface area contributed by atoms with Crippen molar-refractivity contribution in [2.24, 2.45) is 0 Å². The van der Waals surface area contributed by atoms with Gasteiger partial charge in [-0.2, -0.15) is 0 Å². The number of hydrogen-bond acceptors (Lipinski definition) is 4. The molecule has 0 fully saturated rings. The van der Waals surface area contributed by atoms with E-state index in [1.54, 1.807) is 24.3 Å². The van der Waals surface area contributed by atoms with Crippen molar-refractivity contribution in [3.05, 3.63) is 47.0 Å². The van der Waals surface area contributed by atoms with Crippen LogP contribution in [0.4, 0.5) is 5.82 Å². The lowest BCUT2D eigenvalue weighted by Gasteiger charge is -2.18. The minimum absolute atomic E-state index is 0.105. The van der Waals surface area contributed by atoms with Gasteiger partial charge in [0.25, 0.3) is 0 Å². The smallest absolute Gasteiger partial charge is 0.339 e. The van der Waals surface area contributed by atoms with Crippen LogP contribution in [-0.2, 0) is 6.54 Å². The molecule has 0 aliphatic carbocycles. The first-order chi connectivity index (χ1) is 8.58. The minimum atomic E-state index is -1.04. The first-order valence-electron chi connectivity index (χ1n) is 5.21. The largest absolute Gasteiger partial charge is 0.478 e. The number of halogens is 1. The second-order valence-electron chi connectivity index (χ2n) is 3.75. The van der Waals surface area contributed by atoms with Crippen molar-refractivity contribution >= 4 is 23.4 Å². The number of anilines is 1. The summed E-state index contributed by atoms with van der Waals surface area (Å²) in [6, 6.07) is 6.47. The first-order valence-corrected chi connectivity index (χ1v) is 5.59. The number of carboxylic acids is 1. The monoisotopic (exact) mass is 266 g/mol. The molecule has 2 aromatic rings. The zero-order valence-electron chi connectivity index (χ0n) is 9.63. The van der Waals surface area contributed by atoms with Crippen LogP contribution < -0.4 is 4.90 Å². The van der Waals surface area contributed by atoms with E-state index in [-0.39, 0.29) is 10.7 Å². The molecule has 6 heteroatoms. The summed E-state index contributed by atoms with van der Waals surface area (Å²) in [5.41, 5.74) is 0.105. The highest BCUT2D eigenvalue weighted by atomic mass is 35.5. The predicted octanol–water partition coefficient (Wildman–Crippen LogP) is 2.66. The molecule has 0 bridgehead atoms. The summed E-state index contributed by atoms with van der Waals surface area (Å²) < 4.78 is 5.21. The molecule has 94 valence electrons. The van der Waals surface area contributed by atoms with Crippen molar-refractivity contribution in [3.8, 4) is 0 Å². The Morgan fingerprint density at radius 3 is 2.89 bits per heavy atom. The van der Waals surface area contributed by atoms with Gasteiger partial charge in [-0.15, -0.1) is 0 Å². The molecular formula is C12H11ClN2O3. The summed E-state index contributed by atoms with van der Waals surface area (Å²) in [6.45, 7) is 0.417. The van der Waals surface area contributed by atoms with Crippen LogP contribution in [-0.4, -0.2) is 23.1 Å². The Hall–Kier alpha value is -2.01. The first kappa shape index (κ1) is 12.4. The molecule has 0 atom stereocenters. The van der Waals surface area contributed by atoms with Gasteiger partial charge < -0.3 is 14.4 Å². The highest BCUT2D eigenvalue weighted by Gasteiger charge is 2.16. The van der Waals surface area contributed by atoms with Crippen LogP contribution in [0.15, 0.2) is 34.9 Å². The number of carboxylic acid groups (broad SMARTS) is 1. The molecule has 0 aliphatic rings. The Morgan fingerprint density at radius 1 is 1.50 bits per heavy atom. The Morgan fingerprint density at radius 2 is 2.28 bits per heavy atom. The summed E-state index contributed by atoms with van der Waals surface area (Å²) in [7, 11) is 1.73. The topological polar surface area (TPSA) is 66.6 Å². The highest BCUT2D eigenvalue weighted by molar-refractivity contribution is 6.29. The van der Waals surface area contributed by atoms with E-state index in [0.717, 1.165) is 5.76 Å². The molecule has 0 saturated heterocycles. The molecule has 2 aromatic heterocycles. The maximum absolute atomic E-state index is 11.1. The summed E-state index contributed by atoms with van der Waals surface area (Å²) in [5.74, 6) is -0.0116. The van der Waals surface area contributed by atoms with Gasteiger partial charge in [0.2, 0.25) is 0 Å². The lowest BCUT2D eigenvalue weighted by Crippen LogP contribution is -2.20. The van der Waals surface area contributed by atoms with Crippen LogP contribution in [0.1, 0.15) is 16.1 Å². The van der Waals surface area contributed by atoms with Gasteiger partial charge >= 0.3 is 5.97 Å². The molecule has 0 amide bonds. The van der Waals surface area contributed by atoms with E-state index in [1.807, 2.05) is 6.07 Å². The molecule has 5 nitrogen and oxygen atoms in total. The van der Waals surface area contributed by atoms with E-state index in [9.17, 15) is 4.79 Å². The van der Waals surface area contributed by atoms with Gasteiger partial charge in [0.15, 0.2) is 0 Å². The van der Waals surface area contributed by atoms with E-state index in [2.05, 4.69) is 4.98 Å². The van der Waals surface area contributed by atoms with E-state index in [4.69, 9.17) is 21.1 Å². The van der Waals surface area contributed by atoms with E-state index >= 15 is 0 Å². The van der Waals surface area contributed by atoms with E-state index < -0.39 is 5.97 Å². The molecule has 0 saturated carbocycles. The predicted molar refractivity (Wildman–Crippen MR) is 67.0 cm³/mol. The summed E-state index contributed by atoms with van der Waals surface area (Å²) in [4.78, 5) is 16.8. The zero-order valence-corrected chi connectivity index (χ0v) is 10.4. The third kappa shape index (κ3) is 2.62. The van der Waals surface area contributed by atoms with Crippen molar-refractivity contribution in [2.45, 2.75) is 6.54 Å². The molecule has 0 unspecified atom stereocenters. The third-order valence-electron chi connectivity index (χ3n) is 2.41. The fourth-order valence-electron chi connectivity index (χ4n) is 1.59. The number of rotatable bonds is 4. The van der Waals surface area contributed by atoms with Gasteiger partial charge in [0.1, 0.15) is 22.3 Å². The Kier molecular flexibility index (Phi) is 3.53. The minimum Gasteiger partial charge on any atom is -0.478 e. The molecule has 0 radical (unpaired) electrons. The average molecular weight is 267 g/mol. The van der Waals surface area contributed by atoms with Gasteiger partial charge in [-0.25, -0.2) is 9.78 Å². The molecule has 18 heavy (non-hydrogen) atoms. The fraction of sp³-hybridized carbons (Fsp3) is 0.167. The Bertz CT molecular complexity index is 554. The number of hydrogen-bond donors (Lipinski definition) is 1. The molecule has 0 aliphatic heterocycles. The number of furan rings is 1. The lowest BCUT2D eigenvalue weighted by molar-refractivity contribution is 0.0697. The normalized spacial score (nSPS) is 10.3. The third-order valence-corrected chi connectivity index (χ3v) is 2.62.